The molecule has 1 saturated heterocycles. The van der Waals surface area contributed by atoms with E-state index in [0.29, 0.717) is 31.6 Å². The van der Waals surface area contributed by atoms with Gasteiger partial charge in [-0.2, -0.15) is 13.2 Å². The highest BCUT2D eigenvalue weighted by Gasteiger charge is 2.53. The number of anilines is 1. The Morgan fingerprint density at radius 1 is 1.06 bits per heavy atom. The highest BCUT2D eigenvalue weighted by atomic mass is 19.4. The minimum absolute atomic E-state index is 0.188. The number of fused-ring (bicyclic) bond motifs is 2. The lowest BCUT2D eigenvalue weighted by Crippen LogP contribution is -2.49. The number of nitrogens with zero attached hydrogens (tertiary/aromatic N) is 2. The summed E-state index contributed by atoms with van der Waals surface area (Å²) in [5, 5.41) is 0. The molecule has 174 valence electrons. The van der Waals surface area contributed by atoms with E-state index in [0.717, 1.165) is 17.7 Å². The quantitative estimate of drug-likeness (QED) is 0.581. The summed E-state index contributed by atoms with van der Waals surface area (Å²) in [6.45, 7) is 5.77. The number of Topliss-reactive ketones (excluding diaryl/α,β-unsaturated/α-hetero) is 1. The Balaban J connectivity index is 1.56. The van der Waals surface area contributed by atoms with Gasteiger partial charge in [-0.25, -0.2) is 0 Å². The van der Waals surface area contributed by atoms with Gasteiger partial charge in [0.15, 0.2) is 5.78 Å². The van der Waals surface area contributed by atoms with Crippen molar-refractivity contribution in [3.63, 3.8) is 0 Å². The molecule has 0 atom stereocenters. The van der Waals surface area contributed by atoms with Gasteiger partial charge in [-0.1, -0.05) is 55.1 Å². The van der Waals surface area contributed by atoms with Crippen molar-refractivity contribution in [2.75, 3.05) is 24.5 Å². The average Bonchev–Trinajstić information content (AvgIpc) is 3.02. The first-order chi connectivity index (χ1) is 15.7. The Hall–Kier alpha value is -2.93. The summed E-state index contributed by atoms with van der Waals surface area (Å²) in [6.07, 6.45) is -3.31. The fourth-order valence-corrected chi connectivity index (χ4v) is 5.04. The van der Waals surface area contributed by atoms with Crippen LogP contribution in [0.4, 0.5) is 18.9 Å². The molecular formula is C26H27F3N2O2. The van der Waals surface area contributed by atoms with Crippen LogP contribution in [0.25, 0.3) is 6.08 Å². The normalized spacial score (nSPS) is 17.9. The molecule has 4 nitrogen and oxygen atoms in total. The number of carbonyl (C=O) groups is 2. The van der Waals surface area contributed by atoms with Gasteiger partial charge in [-0.05, 0) is 48.7 Å². The van der Waals surface area contributed by atoms with Crippen molar-refractivity contribution in [1.82, 2.24) is 4.90 Å². The van der Waals surface area contributed by atoms with E-state index in [-0.39, 0.29) is 12.5 Å². The minimum Gasteiger partial charge on any atom is -0.304 e. The molecule has 2 heterocycles. The molecule has 0 N–H and O–H groups in total. The number of benzene rings is 2. The van der Waals surface area contributed by atoms with E-state index in [9.17, 15) is 22.8 Å². The van der Waals surface area contributed by atoms with Crippen LogP contribution in [0.3, 0.4) is 0 Å². The molecule has 7 heteroatoms. The number of ketones is 1. The summed E-state index contributed by atoms with van der Waals surface area (Å²) in [5.41, 5.74) is 2.73. The Bertz CT molecular complexity index is 1040. The third kappa shape index (κ3) is 4.74. The molecule has 2 aromatic carbocycles. The van der Waals surface area contributed by atoms with Crippen LogP contribution in [0.15, 0.2) is 55.1 Å². The molecule has 2 aromatic rings. The second-order valence-corrected chi connectivity index (χ2v) is 8.83. The average molecular weight is 457 g/mol. The second kappa shape index (κ2) is 9.14. The molecule has 0 bridgehead atoms. The van der Waals surface area contributed by atoms with Crippen LogP contribution in [0.1, 0.15) is 42.4 Å². The summed E-state index contributed by atoms with van der Waals surface area (Å²) in [5.74, 6) is -0.777. The molecular weight excluding hydrogens is 429 g/mol. The number of carbonyl (C=O) groups excluding carboxylic acids is 2. The maximum atomic E-state index is 13.7. The van der Waals surface area contributed by atoms with Crippen LogP contribution in [-0.2, 0) is 21.5 Å². The zero-order valence-corrected chi connectivity index (χ0v) is 18.4. The topological polar surface area (TPSA) is 40.6 Å². The van der Waals surface area contributed by atoms with Gasteiger partial charge >= 0.3 is 6.18 Å². The lowest BCUT2D eigenvalue weighted by molar-refractivity contribution is -0.142. The zero-order valence-electron chi connectivity index (χ0n) is 18.4. The molecule has 2 aliphatic rings. The third-order valence-electron chi connectivity index (χ3n) is 6.70. The van der Waals surface area contributed by atoms with E-state index in [2.05, 4.69) is 23.6 Å². The molecule has 1 spiro atoms. The van der Waals surface area contributed by atoms with Gasteiger partial charge in [0, 0.05) is 18.7 Å². The van der Waals surface area contributed by atoms with Crippen LogP contribution in [0.2, 0.25) is 0 Å². The molecule has 2 aliphatic heterocycles. The minimum atomic E-state index is -4.40. The van der Waals surface area contributed by atoms with Gasteiger partial charge in [0.1, 0.15) is 0 Å². The maximum Gasteiger partial charge on any atom is 0.389 e. The maximum absolute atomic E-state index is 13.7. The first-order valence-corrected chi connectivity index (χ1v) is 11.2. The van der Waals surface area contributed by atoms with Crippen molar-refractivity contribution in [3.8, 4) is 0 Å². The first-order valence-electron chi connectivity index (χ1n) is 11.2. The zero-order chi connectivity index (χ0) is 23.6. The van der Waals surface area contributed by atoms with E-state index < -0.39 is 30.2 Å². The largest absolute Gasteiger partial charge is 0.389 e. The molecule has 1 fully saturated rings. The predicted molar refractivity (Wildman–Crippen MR) is 122 cm³/mol. The van der Waals surface area contributed by atoms with Crippen LogP contribution < -0.4 is 4.90 Å². The first kappa shape index (κ1) is 23.2. The van der Waals surface area contributed by atoms with Crippen molar-refractivity contribution in [2.45, 2.75) is 43.8 Å². The highest BCUT2D eigenvalue weighted by molar-refractivity contribution is 6.11. The highest BCUT2D eigenvalue weighted by Crippen LogP contribution is 2.50. The molecule has 0 unspecified atom stereocenters. The summed E-state index contributed by atoms with van der Waals surface area (Å²) < 4.78 is 37.7. The van der Waals surface area contributed by atoms with E-state index >= 15 is 0 Å². The van der Waals surface area contributed by atoms with Gasteiger partial charge in [-0.15, -0.1) is 0 Å². The van der Waals surface area contributed by atoms with E-state index in [4.69, 9.17) is 0 Å². The smallest absolute Gasteiger partial charge is 0.304 e. The number of rotatable bonds is 7. The van der Waals surface area contributed by atoms with Gasteiger partial charge in [-0.3, -0.25) is 14.5 Å². The Morgan fingerprint density at radius 3 is 2.39 bits per heavy atom. The monoisotopic (exact) mass is 456 g/mol. The van der Waals surface area contributed by atoms with Crippen molar-refractivity contribution in [3.05, 3.63) is 71.8 Å². The number of likely N-dealkylation sites (tertiary alicyclic amines) is 1. The lowest BCUT2D eigenvalue weighted by Gasteiger charge is -2.39. The van der Waals surface area contributed by atoms with Crippen molar-refractivity contribution in [2.24, 2.45) is 0 Å². The summed E-state index contributed by atoms with van der Waals surface area (Å²) in [6, 6.07) is 15.6. The number of hydrogen-bond donors (Lipinski definition) is 0. The van der Waals surface area contributed by atoms with Crippen LogP contribution >= 0.6 is 0 Å². The van der Waals surface area contributed by atoms with E-state index in [1.54, 1.807) is 18.2 Å². The van der Waals surface area contributed by atoms with Gasteiger partial charge in [0.05, 0.1) is 18.4 Å². The number of piperidine rings is 1. The third-order valence-corrected chi connectivity index (χ3v) is 6.70. The Morgan fingerprint density at radius 2 is 1.76 bits per heavy atom. The Labute approximate surface area is 191 Å². The number of alkyl halides is 3. The summed E-state index contributed by atoms with van der Waals surface area (Å²) in [4.78, 5) is 29.8. The van der Waals surface area contributed by atoms with Crippen molar-refractivity contribution in [1.29, 1.82) is 0 Å². The second-order valence-electron chi connectivity index (χ2n) is 8.83. The number of halogens is 3. The number of hydrogen-bond acceptors (Lipinski definition) is 3. The fraction of sp³-hybridized carbons (Fsp3) is 0.385. The molecule has 33 heavy (non-hydrogen) atoms. The molecule has 0 saturated carbocycles. The van der Waals surface area contributed by atoms with E-state index in [1.807, 2.05) is 24.3 Å². The molecule has 0 aliphatic carbocycles. The molecule has 1 amide bonds. The van der Waals surface area contributed by atoms with Crippen molar-refractivity contribution >= 4 is 23.5 Å². The van der Waals surface area contributed by atoms with E-state index in [1.165, 1.54) is 10.5 Å². The van der Waals surface area contributed by atoms with Crippen LogP contribution in [0, 0.1) is 0 Å². The summed E-state index contributed by atoms with van der Waals surface area (Å²) in [7, 11) is 0. The predicted octanol–water partition coefficient (Wildman–Crippen LogP) is 5.12. The SMILES string of the molecule is C=Cc1cccc2c1C1(CCN(Cc3ccccc3)CC1)C(=O)N2CC(=O)CCC(F)(F)F. The lowest BCUT2D eigenvalue weighted by atomic mass is 9.72. The molecule has 4 rings (SSSR count). The van der Waals surface area contributed by atoms with Gasteiger partial charge in [0.25, 0.3) is 0 Å². The van der Waals surface area contributed by atoms with Crippen LogP contribution in [-0.4, -0.2) is 42.4 Å². The van der Waals surface area contributed by atoms with Crippen LogP contribution in [0.5, 0.6) is 0 Å². The van der Waals surface area contributed by atoms with Crippen molar-refractivity contribution < 1.29 is 22.8 Å². The molecule has 0 radical (unpaired) electrons. The van der Waals surface area contributed by atoms with Gasteiger partial charge < -0.3 is 4.90 Å². The van der Waals surface area contributed by atoms with Gasteiger partial charge in [0.2, 0.25) is 5.91 Å². The summed E-state index contributed by atoms with van der Waals surface area (Å²) >= 11 is 0. The Kier molecular flexibility index (Phi) is 6.43. The standard InChI is InChI=1S/C26H27F3N2O2/c1-2-20-9-6-10-22-23(20)25(24(33)31(22)18-21(32)11-12-26(27,28)29)13-15-30(16-14-25)17-19-7-4-3-5-8-19/h2-10H,1,11-18H2. The molecule has 0 aromatic heterocycles. The fourth-order valence-electron chi connectivity index (χ4n) is 5.04. The number of amides is 1.